The Kier molecular flexibility index (Phi) is 6.51. The van der Waals surface area contributed by atoms with E-state index in [1.807, 2.05) is 12.1 Å². The van der Waals surface area contributed by atoms with Gasteiger partial charge in [0.25, 0.3) is 0 Å². The molecular weight excluding hydrogens is 314 g/mol. The molecule has 0 spiro atoms. The molecule has 0 bridgehead atoms. The fourth-order valence-electron chi connectivity index (χ4n) is 3.81. The summed E-state index contributed by atoms with van der Waals surface area (Å²) in [5, 5.41) is 12.4. The quantitative estimate of drug-likeness (QED) is 0.561. The second-order valence-corrected chi connectivity index (χ2v) is 7.20. The van der Waals surface area contributed by atoms with E-state index in [9.17, 15) is 5.11 Å². The van der Waals surface area contributed by atoms with Crippen molar-refractivity contribution in [3.05, 3.63) is 41.5 Å². The first kappa shape index (κ1) is 18.4. The minimum Gasteiger partial charge on any atom is -0.848 e. The molecule has 0 aromatic heterocycles. The zero-order valence-corrected chi connectivity index (χ0v) is 15.4. The largest absolute Gasteiger partial charge is 0.848 e. The minimum atomic E-state index is -0.642. The number of ether oxygens (including phenoxy) is 2. The van der Waals surface area contributed by atoms with Crippen molar-refractivity contribution in [2.75, 3.05) is 32.2 Å². The predicted molar refractivity (Wildman–Crippen MR) is 98.5 cm³/mol. The molecule has 1 saturated carbocycles. The topological polar surface area (TPSA) is 44.8 Å². The maximum atomic E-state index is 12.4. The van der Waals surface area contributed by atoms with Crippen LogP contribution in [0.4, 0.5) is 5.69 Å². The molecule has 2 aliphatic rings. The third kappa shape index (κ3) is 4.63. The zero-order valence-electron chi connectivity index (χ0n) is 15.4. The average Bonchev–Trinajstić information content (AvgIpc) is 2.62. The molecule has 0 radical (unpaired) electrons. The van der Waals surface area contributed by atoms with Gasteiger partial charge >= 0.3 is 0 Å². The summed E-state index contributed by atoms with van der Waals surface area (Å²) in [5.41, 5.74) is 3.57. The highest BCUT2D eigenvalue weighted by molar-refractivity contribution is 5.48. The van der Waals surface area contributed by atoms with E-state index in [1.165, 1.54) is 30.5 Å². The normalized spacial score (nSPS) is 19.8. The van der Waals surface area contributed by atoms with Gasteiger partial charge in [0.2, 0.25) is 0 Å². The Hall–Kier alpha value is -1.36. The molecule has 1 saturated heterocycles. The van der Waals surface area contributed by atoms with Crippen LogP contribution in [0.3, 0.4) is 0 Å². The van der Waals surface area contributed by atoms with Gasteiger partial charge in [0.15, 0.2) is 6.29 Å². The first-order valence-electron chi connectivity index (χ1n) is 9.45. The van der Waals surface area contributed by atoms with Gasteiger partial charge in [-0.25, -0.2) is 0 Å². The Morgan fingerprint density at radius 2 is 1.76 bits per heavy atom. The monoisotopic (exact) mass is 344 g/mol. The lowest BCUT2D eigenvalue weighted by molar-refractivity contribution is -0.425. The van der Waals surface area contributed by atoms with Crippen LogP contribution in [0.25, 0.3) is 0 Å². The van der Waals surface area contributed by atoms with Gasteiger partial charge in [-0.1, -0.05) is 35.4 Å². The smallest absolute Gasteiger partial charge is 0.159 e. The van der Waals surface area contributed by atoms with E-state index in [4.69, 9.17) is 9.47 Å². The summed E-state index contributed by atoms with van der Waals surface area (Å²) in [5.74, 6) is 0.455. The van der Waals surface area contributed by atoms with Crippen LogP contribution >= 0.6 is 0 Å². The van der Waals surface area contributed by atoms with Crippen LogP contribution in [-0.4, -0.2) is 33.6 Å². The average molecular weight is 344 g/mol. The third-order valence-electron chi connectivity index (χ3n) is 5.64. The Balaban J connectivity index is 1.52. The Labute approximate surface area is 151 Å². The molecule has 0 amide bonds. The van der Waals surface area contributed by atoms with Gasteiger partial charge < -0.3 is 19.5 Å². The summed E-state index contributed by atoms with van der Waals surface area (Å²) in [6.07, 6.45) is 7.82. The first-order chi connectivity index (χ1) is 12.2. The van der Waals surface area contributed by atoms with Gasteiger partial charge in [0.05, 0.1) is 0 Å². The van der Waals surface area contributed by atoms with Crippen molar-refractivity contribution >= 4 is 5.69 Å². The molecule has 0 N–H and O–H groups in total. The number of anilines is 1. The fraction of sp³-hybridized carbons (Fsp3) is 0.619. The molecule has 25 heavy (non-hydrogen) atoms. The molecule has 1 aliphatic heterocycles. The number of nitrogens with zero attached hydrogens (tertiary/aromatic N) is 1. The van der Waals surface area contributed by atoms with Crippen LogP contribution in [-0.2, 0) is 9.47 Å². The summed E-state index contributed by atoms with van der Waals surface area (Å²) in [4.78, 5) is 2.39. The predicted octanol–water partition coefficient (Wildman–Crippen LogP) is 3.42. The summed E-state index contributed by atoms with van der Waals surface area (Å²) >= 11 is 0. The van der Waals surface area contributed by atoms with Crippen LogP contribution in [0.2, 0.25) is 0 Å². The number of benzene rings is 1. The second-order valence-electron chi connectivity index (χ2n) is 7.20. The Morgan fingerprint density at radius 1 is 1.12 bits per heavy atom. The van der Waals surface area contributed by atoms with Gasteiger partial charge in [-0.3, -0.25) is 0 Å². The van der Waals surface area contributed by atoms with E-state index in [1.54, 1.807) is 14.2 Å². The molecular formula is C21H30NO3-. The van der Waals surface area contributed by atoms with Crippen molar-refractivity contribution in [3.63, 3.8) is 0 Å². The molecule has 1 unspecified atom stereocenters. The third-order valence-corrected chi connectivity index (χ3v) is 5.64. The molecule has 2 fully saturated rings. The first-order valence-corrected chi connectivity index (χ1v) is 9.45. The standard InChI is InChI=1S/C21H30NO3/c1-24-21(25-2)18-12-14-22(15-13-18)19-9-7-17(8-10-19)20(23)11-6-16-4-3-5-16/h6-10,18,20-21H,3-5,11-15H2,1-2H3/q-1. The fourth-order valence-corrected chi connectivity index (χ4v) is 3.81. The van der Waals surface area contributed by atoms with Crippen LogP contribution in [0.5, 0.6) is 0 Å². The van der Waals surface area contributed by atoms with Crippen molar-refractivity contribution in [1.82, 2.24) is 0 Å². The maximum absolute atomic E-state index is 12.4. The molecule has 1 aliphatic carbocycles. The number of hydrogen-bond donors (Lipinski definition) is 0. The number of piperidine rings is 1. The van der Waals surface area contributed by atoms with Crippen molar-refractivity contribution < 1.29 is 14.6 Å². The van der Waals surface area contributed by atoms with Crippen LogP contribution < -0.4 is 10.0 Å². The number of rotatable bonds is 7. The lowest BCUT2D eigenvalue weighted by Crippen LogP contribution is -2.39. The maximum Gasteiger partial charge on any atom is 0.159 e. The van der Waals surface area contributed by atoms with Crippen molar-refractivity contribution in [1.29, 1.82) is 0 Å². The summed E-state index contributed by atoms with van der Waals surface area (Å²) < 4.78 is 10.8. The highest BCUT2D eigenvalue weighted by atomic mass is 16.7. The van der Waals surface area contributed by atoms with Crippen molar-refractivity contribution in [2.45, 2.75) is 50.9 Å². The van der Waals surface area contributed by atoms with E-state index in [0.717, 1.165) is 31.5 Å². The van der Waals surface area contributed by atoms with Crippen molar-refractivity contribution in [2.24, 2.45) is 5.92 Å². The van der Waals surface area contributed by atoms with E-state index >= 15 is 0 Å². The SMILES string of the molecule is COC(OC)C1CCN(c2ccc(C([O-])CC=C3CCC3)cc2)CC1. The minimum absolute atomic E-state index is 0.101. The number of allylic oxidation sites excluding steroid dienone is 1. The van der Waals surface area contributed by atoms with Gasteiger partial charge in [-0.2, -0.15) is 0 Å². The molecule has 1 heterocycles. The second kappa shape index (κ2) is 8.84. The zero-order chi connectivity index (χ0) is 17.6. The molecule has 1 aromatic rings. The molecule has 138 valence electrons. The lowest BCUT2D eigenvalue weighted by Gasteiger charge is -2.36. The van der Waals surface area contributed by atoms with Crippen LogP contribution in [0, 0.1) is 5.92 Å². The highest BCUT2D eigenvalue weighted by Crippen LogP contribution is 2.29. The van der Waals surface area contributed by atoms with Gasteiger partial charge in [-0.15, -0.1) is 0 Å². The van der Waals surface area contributed by atoms with E-state index < -0.39 is 6.10 Å². The molecule has 1 atom stereocenters. The van der Waals surface area contributed by atoms with Gasteiger partial charge in [0, 0.05) is 38.9 Å². The van der Waals surface area contributed by atoms with Gasteiger partial charge in [-0.05, 0) is 50.7 Å². The van der Waals surface area contributed by atoms with Gasteiger partial charge in [0.1, 0.15) is 0 Å². The van der Waals surface area contributed by atoms with Crippen LogP contribution in [0.15, 0.2) is 35.9 Å². The number of hydrogen-bond acceptors (Lipinski definition) is 4. The number of methoxy groups -OCH3 is 2. The molecule has 1 aromatic carbocycles. The molecule has 4 nitrogen and oxygen atoms in total. The summed E-state index contributed by atoms with van der Waals surface area (Å²) in [7, 11) is 3.42. The highest BCUT2D eigenvalue weighted by Gasteiger charge is 2.26. The molecule has 3 rings (SSSR count). The van der Waals surface area contributed by atoms with Crippen LogP contribution in [0.1, 0.15) is 50.2 Å². The Bertz CT molecular complexity index is 551. The van der Waals surface area contributed by atoms with E-state index in [2.05, 4.69) is 23.1 Å². The lowest BCUT2D eigenvalue weighted by atomic mass is 9.90. The van der Waals surface area contributed by atoms with E-state index in [0.29, 0.717) is 12.3 Å². The summed E-state index contributed by atoms with van der Waals surface area (Å²) in [6.45, 7) is 2.00. The summed E-state index contributed by atoms with van der Waals surface area (Å²) in [6, 6.07) is 8.21. The Morgan fingerprint density at radius 3 is 2.28 bits per heavy atom. The van der Waals surface area contributed by atoms with E-state index in [-0.39, 0.29) is 6.29 Å². The molecule has 4 heteroatoms. The van der Waals surface area contributed by atoms with Crippen molar-refractivity contribution in [3.8, 4) is 0 Å².